The minimum absolute atomic E-state index is 0. The number of thiazole rings is 1. The first-order valence-electron chi connectivity index (χ1n) is 5.97. The summed E-state index contributed by atoms with van der Waals surface area (Å²) in [5.41, 5.74) is 0.995. The Labute approximate surface area is 123 Å². The Kier molecular flexibility index (Phi) is 6.21. The van der Waals surface area contributed by atoms with Crippen LogP contribution in [0.5, 0.6) is 0 Å². The third-order valence-electron chi connectivity index (χ3n) is 2.71. The number of carbonyl (C=O) groups is 1. The van der Waals surface area contributed by atoms with E-state index in [1.54, 1.807) is 11.3 Å². The summed E-state index contributed by atoms with van der Waals surface area (Å²) < 4.78 is 1.16. The summed E-state index contributed by atoms with van der Waals surface area (Å²) >= 11 is 1.62. The van der Waals surface area contributed by atoms with Crippen LogP contribution in [0.4, 0.5) is 0 Å². The molecule has 4 nitrogen and oxygen atoms in total. The molecule has 1 amide bonds. The molecule has 2 aromatic rings. The Morgan fingerprint density at radius 1 is 1.42 bits per heavy atom. The number of amides is 1. The zero-order chi connectivity index (χ0) is 13.0. The lowest BCUT2D eigenvalue weighted by molar-refractivity contribution is -0.124. The summed E-state index contributed by atoms with van der Waals surface area (Å²) in [6, 6.07) is 8.00. The molecule has 104 valence electrons. The van der Waals surface area contributed by atoms with E-state index in [9.17, 15) is 4.79 Å². The molecule has 2 N–H and O–H groups in total. The van der Waals surface area contributed by atoms with Gasteiger partial charge in [-0.15, -0.1) is 23.7 Å². The monoisotopic (exact) mass is 299 g/mol. The number of hydrogen-bond acceptors (Lipinski definition) is 4. The van der Waals surface area contributed by atoms with Crippen LogP contribution >= 0.6 is 23.7 Å². The number of fused-ring (bicyclic) bond motifs is 1. The largest absolute Gasteiger partial charge is 0.349 e. The lowest BCUT2D eigenvalue weighted by atomic mass is 10.1. The number of nitrogens with one attached hydrogen (secondary N) is 2. The standard InChI is InChI=1S/C13H17N3OS.ClH/c1-9(7-14-2)13(17)15-8-12-16-10-5-3-4-6-11(10)18-12;/h3-6,9,14H,7-8H2,1-2H3,(H,15,17);1H. The minimum Gasteiger partial charge on any atom is -0.349 e. The molecule has 0 spiro atoms. The molecular weight excluding hydrogens is 282 g/mol. The van der Waals surface area contributed by atoms with Gasteiger partial charge >= 0.3 is 0 Å². The van der Waals surface area contributed by atoms with Crippen molar-refractivity contribution in [2.75, 3.05) is 13.6 Å². The van der Waals surface area contributed by atoms with Gasteiger partial charge in [0.15, 0.2) is 0 Å². The van der Waals surface area contributed by atoms with Gasteiger partial charge in [0.05, 0.1) is 16.8 Å². The summed E-state index contributed by atoms with van der Waals surface area (Å²) in [4.78, 5) is 16.2. The van der Waals surface area contributed by atoms with Gasteiger partial charge in [-0.1, -0.05) is 19.1 Å². The maximum Gasteiger partial charge on any atom is 0.224 e. The third-order valence-corrected chi connectivity index (χ3v) is 3.75. The number of rotatable bonds is 5. The SMILES string of the molecule is CNCC(C)C(=O)NCc1nc2ccccc2s1.Cl. The summed E-state index contributed by atoms with van der Waals surface area (Å²) in [6.07, 6.45) is 0. The number of aromatic nitrogens is 1. The van der Waals surface area contributed by atoms with Crippen molar-refractivity contribution >= 4 is 39.9 Å². The number of para-hydroxylation sites is 1. The fourth-order valence-corrected chi connectivity index (χ4v) is 2.64. The molecule has 0 bridgehead atoms. The maximum atomic E-state index is 11.7. The Morgan fingerprint density at radius 3 is 2.84 bits per heavy atom. The van der Waals surface area contributed by atoms with Gasteiger partial charge in [0.1, 0.15) is 5.01 Å². The second-order valence-electron chi connectivity index (χ2n) is 4.25. The fourth-order valence-electron chi connectivity index (χ4n) is 1.73. The Morgan fingerprint density at radius 2 is 2.16 bits per heavy atom. The molecule has 1 aromatic carbocycles. The van der Waals surface area contributed by atoms with Gasteiger partial charge in [-0.05, 0) is 19.2 Å². The molecule has 0 aliphatic heterocycles. The normalized spacial score (nSPS) is 11.9. The highest BCUT2D eigenvalue weighted by Crippen LogP contribution is 2.21. The molecular formula is C13H18ClN3OS. The molecule has 19 heavy (non-hydrogen) atoms. The predicted octanol–water partition coefficient (Wildman–Crippen LogP) is 2.19. The van der Waals surface area contributed by atoms with Crippen LogP contribution in [0.15, 0.2) is 24.3 Å². The highest BCUT2D eigenvalue weighted by Gasteiger charge is 2.12. The maximum absolute atomic E-state index is 11.7. The first kappa shape index (κ1) is 15.9. The van der Waals surface area contributed by atoms with E-state index in [0.29, 0.717) is 13.1 Å². The summed E-state index contributed by atoms with van der Waals surface area (Å²) in [5.74, 6) is 0.0352. The molecule has 0 fully saturated rings. The van der Waals surface area contributed by atoms with Crippen LogP contribution in [0.25, 0.3) is 10.2 Å². The first-order valence-corrected chi connectivity index (χ1v) is 6.79. The van der Waals surface area contributed by atoms with Crippen molar-refractivity contribution in [1.29, 1.82) is 0 Å². The Bertz CT molecular complexity index is 510. The molecule has 0 saturated carbocycles. The van der Waals surface area contributed by atoms with E-state index in [4.69, 9.17) is 0 Å². The number of halogens is 1. The topological polar surface area (TPSA) is 54.0 Å². The molecule has 0 aliphatic rings. The highest BCUT2D eigenvalue weighted by molar-refractivity contribution is 7.18. The Balaban J connectivity index is 0.00000180. The summed E-state index contributed by atoms with van der Waals surface area (Å²) in [7, 11) is 1.84. The van der Waals surface area contributed by atoms with Gasteiger partial charge in [-0.25, -0.2) is 4.98 Å². The number of nitrogens with zero attached hydrogens (tertiary/aromatic N) is 1. The zero-order valence-corrected chi connectivity index (χ0v) is 12.6. The second-order valence-corrected chi connectivity index (χ2v) is 5.37. The van der Waals surface area contributed by atoms with E-state index in [2.05, 4.69) is 15.6 Å². The lowest BCUT2D eigenvalue weighted by Crippen LogP contribution is -2.33. The fraction of sp³-hybridized carbons (Fsp3) is 0.385. The van der Waals surface area contributed by atoms with Crippen LogP contribution in [-0.4, -0.2) is 24.5 Å². The second kappa shape index (κ2) is 7.43. The van der Waals surface area contributed by atoms with Gasteiger partial charge in [0.25, 0.3) is 0 Å². The highest BCUT2D eigenvalue weighted by atomic mass is 35.5. The van der Waals surface area contributed by atoms with E-state index in [1.807, 2.05) is 38.2 Å². The molecule has 1 unspecified atom stereocenters. The molecule has 1 aromatic heterocycles. The molecule has 0 saturated heterocycles. The minimum atomic E-state index is -0.0237. The third kappa shape index (κ3) is 4.16. The molecule has 2 rings (SSSR count). The molecule has 6 heteroatoms. The van der Waals surface area contributed by atoms with E-state index in [0.717, 1.165) is 15.2 Å². The van der Waals surface area contributed by atoms with Gasteiger partial charge in [-0.2, -0.15) is 0 Å². The van der Waals surface area contributed by atoms with Gasteiger partial charge in [0.2, 0.25) is 5.91 Å². The van der Waals surface area contributed by atoms with E-state index < -0.39 is 0 Å². The molecule has 1 atom stereocenters. The van der Waals surface area contributed by atoms with Crippen molar-refractivity contribution in [3.8, 4) is 0 Å². The first-order chi connectivity index (χ1) is 8.70. The number of benzene rings is 1. The van der Waals surface area contributed by atoms with Gasteiger partial charge in [-0.3, -0.25) is 4.79 Å². The van der Waals surface area contributed by atoms with Crippen molar-refractivity contribution in [1.82, 2.24) is 15.6 Å². The van der Waals surface area contributed by atoms with Crippen LogP contribution in [0.2, 0.25) is 0 Å². The van der Waals surface area contributed by atoms with E-state index in [-0.39, 0.29) is 24.2 Å². The smallest absolute Gasteiger partial charge is 0.224 e. The van der Waals surface area contributed by atoms with Crippen LogP contribution in [0.3, 0.4) is 0 Å². The van der Waals surface area contributed by atoms with Crippen molar-refractivity contribution in [2.45, 2.75) is 13.5 Å². The van der Waals surface area contributed by atoms with Crippen molar-refractivity contribution in [3.05, 3.63) is 29.3 Å². The van der Waals surface area contributed by atoms with Gasteiger partial charge < -0.3 is 10.6 Å². The quantitative estimate of drug-likeness (QED) is 0.890. The van der Waals surface area contributed by atoms with Crippen LogP contribution < -0.4 is 10.6 Å². The van der Waals surface area contributed by atoms with Crippen molar-refractivity contribution in [2.24, 2.45) is 5.92 Å². The zero-order valence-electron chi connectivity index (χ0n) is 11.0. The average Bonchev–Trinajstić information content (AvgIpc) is 2.78. The Hall–Kier alpha value is -1.17. The van der Waals surface area contributed by atoms with Crippen LogP contribution in [-0.2, 0) is 11.3 Å². The van der Waals surface area contributed by atoms with Crippen molar-refractivity contribution in [3.63, 3.8) is 0 Å². The molecule has 0 aliphatic carbocycles. The van der Waals surface area contributed by atoms with E-state index in [1.165, 1.54) is 0 Å². The van der Waals surface area contributed by atoms with Crippen LogP contribution in [0, 0.1) is 5.92 Å². The predicted molar refractivity (Wildman–Crippen MR) is 81.8 cm³/mol. The van der Waals surface area contributed by atoms with Crippen LogP contribution in [0.1, 0.15) is 11.9 Å². The molecule has 0 radical (unpaired) electrons. The lowest BCUT2D eigenvalue weighted by Gasteiger charge is -2.10. The molecule has 1 heterocycles. The summed E-state index contributed by atoms with van der Waals surface area (Å²) in [5, 5.41) is 6.85. The van der Waals surface area contributed by atoms with E-state index >= 15 is 0 Å². The summed E-state index contributed by atoms with van der Waals surface area (Å²) in [6.45, 7) is 3.10. The average molecular weight is 300 g/mol. The van der Waals surface area contributed by atoms with Gasteiger partial charge in [0, 0.05) is 12.5 Å². The number of carbonyl (C=O) groups excluding carboxylic acids is 1. The van der Waals surface area contributed by atoms with Crippen molar-refractivity contribution < 1.29 is 4.79 Å². The number of hydrogen-bond donors (Lipinski definition) is 2.